The van der Waals surface area contributed by atoms with Gasteiger partial charge in [-0.3, -0.25) is 9.59 Å². The summed E-state index contributed by atoms with van der Waals surface area (Å²) in [6.07, 6.45) is -4.83. The molecule has 0 aromatic heterocycles. The van der Waals surface area contributed by atoms with Crippen LogP contribution < -0.4 is 15.4 Å². The fourth-order valence-electron chi connectivity index (χ4n) is 2.20. The molecule has 0 bridgehead atoms. The van der Waals surface area contributed by atoms with Crippen LogP contribution in [-0.2, 0) is 4.79 Å². The summed E-state index contributed by atoms with van der Waals surface area (Å²) in [4.78, 5) is 25.4. The lowest BCUT2D eigenvalue weighted by Gasteiger charge is -2.15. The molecule has 0 aliphatic rings. The third-order valence-corrected chi connectivity index (χ3v) is 3.35. The molecular formula is C18H18F3N3O3. The predicted molar refractivity (Wildman–Crippen MR) is 94.7 cm³/mol. The van der Waals surface area contributed by atoms with Gasteiger partial charge in [-0.2, -0.15) is 0 Å². The summed E-state index contributed by atoms with van der Waals surface area (Å²) in [6.45, 7) is -0.288. The summed E-state index contributed by atoms with van der Waals surface area (Å²) in [5.41, 5.74) is 0.825. The van der Waals surface area contributed by atoms with Gasteiger partial charge in [-0.15, -0.1) is 13.2 Å². The Morgan fingerprint density at radius 3 is 2.44 bits per heavy atom. The first-order valence-corrected chi connectivity index (χ1v) is 7.86. The molecule has 0 saturated carbocycles. The number of halogens is 3. The molecule has 9 heteroatoms. The zero-order chi connectivity index (χ0) is 20.0. The van der Waals surface area contributed by atoms with Crippen molar-refractivity contribution in [3.05, 3.63) is 54.1 Å². The molecule has 0 aliphatic carbocycles. The van der Waals surface area contributed by atoms with Crippen molar-refractivity contribution in [2.45, 2.75) is 6.36 Å². The minimum absolute atomic E-state index is 0.0292. The maximum atomic E-state index is 12.4. The summed E-state index contributed by atoms with van der Waals surface area (Å²) >= 11 is 0. The van der Waals surface area contributed by atoms with Crippen LogP contribution in [0.1, 0.15) is 10.4 Å². The van der Waals surface area contributed by atoms with Crippen LogP contribution >= 0.6 is 0 Å². The van der Waals surface area contributed by atoms with Gasteiger partial charge in [0.2, 0.25) is 5.91 Å². The van der Waals surface area contributed by atoms with E-state index in [1.165, 1.54) is 29.2 Å². The Kier molecular flexibility index (Phi) is 6.27. The zero-order valence-corrected chi connectivity index (χ0v) is 14.6. The second-order valence-electron chi connectivity index (χ2n) is 5.73. The van der Waals surface area contributed by atoms with Crippen LogP contribution in [0.5, 0.6) is 5.75 Å². The lowest BCUT2D eigenvalue weighted by atomic mass is 10.2. The monoisotopic (exact) mass is 381 g/mol. The van der Waals surface area contributed by atoms with Gasteiger partial charge in [-0.1, -0.05) is 18.2 Å². The number of anilines is 2. The quantitative estimate of drug-likeness (QED) is 0.805. The van der Waals surface area contributed by atoms with Crippen LogP contribution in [0, 0.1) is 0 Å². The van der Waals surface area contributed by atoms with Crippen LogP contribution in [0.4, 0.5) is 24.5 Å². The molecule has 2 N–H and O–H groups in total. The number of ether oxygens (including phenoxy) is 1. The SMILES string of the molecule is CN(C)C(=O)c1cccc(NC(=O)CNc2ccccc2OC(F)(F)F)c1. The molecule has 0 spiro atoms. The van der Waals surface area contributed by atoms with Crippen LogP contribution in [-0.4, -0.2) is 43.7 Å². The molecule has 0 fully saturated rings. The second-order valence-corrected chi connectivity index (χ2v) is 5.73. The smallest absolute Gasteiger partial charge is 0.404 e. The molecule has 2 aromatic rings. The Morgan fingerprint density at radius 2 is 1.78 bits per heavy atom. The van der Waals surface area contributed by atoms with Crippen LogP contribution in [0.25, 0.3) is 0 Å². The second kappa shape index (κ2) is 8.43. The molecule has 6 nitrogen and oxygen atoms in total. The topological polar surface area (TPSA) is 70.7 Å². The lowest BCUT2D eigenvalue weighted by Crippen LogP contribution is -2.24. The standard InChI is InChI=1S/C18H18F3N3O3/c1-24(2)17(26)12-6-5-7-13(10-12)23-16(25)11-22-14-8-3-4-9-15(14)27-18(19,20)21/h3-10,22H,11H2,1-2H3,(H,23,25). The van der Waals surface area contributed by atoms with E-state index in [1.54, 1.807) is 32.3 Å². The molecular weight excluding hydrogens is 363 g/mol. The van der Waals surface area contributed by atoms with Crippen molar-refractivity contribution < 1.29 is 27.5 Å². The molecule has 2 aromatic carbocycles. The van der Waals surface area contributed by atoms with E-state index in [9.17, 15) is 22.8 Å². The number of nitrogens with one attached hydrogen (secondary N) is 2. The van der Waals surface area contributed by atoms with Gasteiger partial charge in [0, 0.05) is 25.3 Å². The van der Waals surface area contributed by atoms with Crippen molar-refractivity contribution in [1.82, 2.24) is 4.90 Å². The van der Waals surface area contributed by atoms with Crippen molar-refractivity contribution in [1.29, 1.82) is 0 Å². The lowest BCUT2D eigenvalue weighted by molar-refractivity contribution is -0.274. The number of para-hydroxylation sites is 2. The van der Waals surface area contributed by atoms with Crippen LogP contribution in [0.3, 0.4) is 0 Å². The molecule has 0 saturated heterocycles. The minimum Gasteiger partial charge on any atom is -0.404 e. The van der Waals surface area contributed by atoms with Gasteiger partial charge in [0.15, 0.2) is 5.75 Å². The molecule has 144 valence electrons. The summed E-state index contributed by atoms with van der Waals surface area (Å²) in [5, 5.41) is 5.18. The number of carbonyl (C=O) groups excluding carboxylic acids is 2. The van der Waals surface area contributed by atoms with Crippen molar-refractivity contribution in [2.75, 3.05) is 31.3 Å². The summed E-state index contributed by atoms with van der Waals surface area (Å²) < 4.78 is 41.1. The highest BCUT2D eigenvalue weighted by Crippen LogP contribution is 2.29. The van der Waals surface area contributed by atoms with E-state index < -0.39 is 18.0 Å². The normalized spacial score (nSPS) is 10.9. The van der Waals surface area contributed by atoms with E-state index >= 15 is 0 Å². The van der Waals surface area contributed by atoms with Gasteiger partial charge >= 0.3 is 6.36 Å². The molecule has 2 rings (SSSR count). The molecule has 0 unspecified atom stereocenters. The number of hydrogen-bond acceptors (Lipinski definition) is 4. The molecule has 0 aliphatic heterocycles. The van der Waals surface area contributed by atoms with Crippen LogP contribution in [0.15, 0.2) is 48.5 Å². The molecule has 2 amide bonds. The molecule has 0 radical (unpaired) electrons. The van der Waals surface area contributed by atoms with E-state index in [0.29, 0.717) is 11.3 Å². The highest BCUT2D eigenvalue weighted by atomic mass is 19.4. The highest BCUT2D eigenvalue weighted by molar-refractivity contribution is 5.98. The number of carbonyl (C=O) groups is 2. The number of alkyl halides is 3. The van der Waals surface area contributed by atoms with Crippen molar-refractivity contribution in [2.24, 2.45) is 0 Å². The Labute approximate surface area is 153 Å². The Hall–Kier alpha value is -3.23. The van der Waals surface area contributed by atoms with Gasteiger partial charge < -0.3 is 20.3 Å². The first kappa shape index (κ1) is 20.1. The fourth-order valence-corrected chi connectivity index (χ4v) is 2.20. The first-order valence-electron chi connectivity index (χ1n) is 7.86. The number of nitrogens with zero attached hydrogens (tertiary/aromatic N) is 1. The zero-order valence-electron chi connectivity index (χ0n) is 14.6. The van der Waals surface area contributed by atoms with E-state index in [2.05, 4.69) is 15.4 Å². The molecule has 0 atom stereocenters. The number of benzene rings is 2. The van der Waals surface area contributed by atoms with Crippen molar-refractivity contribution in [3.8, 4) is 5.75 Å². The average molecular weight is 381 g/mol. The Balaban J connectivity index is 2.00. The Bertz CT molecular complexity index is 823. The third-order valence-electron chi connectivity index (χ3n) is 3.35. The molecule has 27 heavy (non-hydrogen) atoms. The van der Waals surface area contributed by atoms with E-state index in [0.717, 1.165) is 6.07 Å². The Morgan fingerprint density at radius 1 is 1.07 bits per heavy atom. The van der Waals surface area contributed by atoms with Gasteiger partial charge in [-0.25, -0.2) is 0 Å². The summed E-state index contributed by atoms with van der Waals surface area (Å²) in [7, 11) is 3.22. The largest absolute Gasteiger partial charge is 0.573 e. The van der Waals surface area contributed by atoms with Crippen LogP contribution in [0.2, 0.25) is 0 Å². The van der Waals surface area contributed by atoms with Gasteiger partial charge in [-0.05, 0) is 30.3 Å². The van der Waals surface area contributed by atoms with Gasteiger partial charge in [0.05, 0.1) is 12.2 Å². The fraction of sp³-hybridized carbons (Fsp3) is 0.222. The number of rotatable bonds is 6. The average Bonchev–Trinajstić information content (AvgIpc) is 2.59. The van der Waals surface area contributed by atoms with E-state index in [4.69, 9.17) is 0 Å². The number of hydrogen-bond donors (Lipinski definition) is 2. The third kappa shape index (κ3) is 6.21. The van der Waals surface area contributed by atoms with Crippen molar-refractivity contribution >= 4 is 23.2 Å². The number of amides is 2. The molecule has 0 heterocycles. The summed E-state index contributed by atoms with van der Waals surface area (Å²) in [6, 6.07) is 11.8. The maximum Gasteiger partial charge on any atom is 0.573 e. The first-order chi connectivity index (χ1) is 12.7. The van der Waals surface area contributed by atoms with Gasteiger partial charge in [0.1, 0.15) is 0 Å². The predicted octanol–water partition coefficient (Wildman–Crippen LogP) is 3.34. The van der Waals surface area contributed by atoms with Gasteiger partial charge in [0.25, 0.3) is 5.91 Å². The highest BCUT2D eigenvalue weighted by Gasteiger charge is 2.32. The summed E-state index contributed by atoms with van der Waals surface area (Å²) in [5.74, 6) is -1.15. The maximum absolute atomic E-state index is 12.4. The van der Waals surface area contributed by atoms with E-state index in [1.807, 2.05) is 0 Å². The van der Waals surface area contributed by atoms with E-state index in [-0.39, 0.29) is 18.1 Å². The van der Waals surface area contributed by atoms with Crippen molar-refractivity contribution in [3.63, 3.8) is 0 Å². The minimum atomic E-state index is -4.83.